The number of rotatable bonds is 7. The second-order valence-corrected chi connectivity index (χ2v) is 8.88. The van der Waals surface area contributed by atoms with Crippen LogP contribution < -0.4 is 0 Å². The molecule has 1 saturated carbocycles. The average molecular weight is 434 g/mol. The van der Waals surface area contributed by atoms with Crippen molar-refractivity contribution >= 4 is 17.0 Å². The maximum Gasteiger partial charge on any atom is 0.313 e. The first kappa shape index (κ1) is 21.2. The summed E-state index contributed by atoms with van der Waals surface area (Å²) in [5.41, 5.74) is 5.97. The Bertz CT molecular complexity index is 1030. The zero-order valence-electron chi connectivity index (χ0n) is 18.7. The maximum absolute atomic E-state index is 11.8. The molecule has 1 N–H and O–H groups in total. The summed E-state index contributed by atoms with van der Waals surface area (Å²) in [5.74, 6) is 0.437. The zero-order valence-corrected chi connectivity index (χ0v) is 18.7. The Labute approximate surface area is 188 Å². The van der Waals surface area contributed by atoms with E-state index in [0.29, 0.717) is 31.2 Å². The fourth-order valence-electron chi connectivity index (χ4n) is 4.86. The third-order valence-electron chi connectivity index (χ3n) is 6.72. The third kappa shape index (κ3) is 4.71. The summed E-state index contributed by atoms with van der Waals surface area (Å²) < 4.78 is 11.1. The fraction of sp³-hybridized carbons (Fsp3) is 0.462. The molecule has 1 aliphatic heterocycles. The number of nitrogens with zero attached hydrogens (tertiary/aromatic N) is 2. The molecule has 168 valence electrons. The zero-order chi connectivity index (χ0) is 21.9. The largest absolute Gasteiger partial charge is 0.466 e. The van der Waals surface area contributed by atoms with Gasteiger partial charge in [0.25, 0.3) is 0 Å². The highest BCUT2D eigenvalue weighted by molar-refractivity contribution is 5.79. The van der Waals surface area contributed by atoms with Gasteiger partial charge < -0.3 is 14.5 Å². The van der Waals surface area contributed by atoms with Gasteiger partial charge in [-0.3, -0.25) is 9.69 Å². The van der Waals surface area contributed by atoms with Crippen molar-refractivity contribution in [1.82, 2.24) is 14.9 Å². The molecule has 0 amide bonds. The molecule has 0 unspecified atom stereocenters. The molecule has 0 atom stereocenters. The van der Waals surface area contributed by atoms with Gasteiger partial charge in [-0.25, -0.2) is 4.98 Å². The summed E-state index contributed by atoms with van der Waals surface area (Å²) in [7, 11) is 0. The van der Waals surface area contributed by atoms with E-state index in [1.165, 1.54) is 16.7 Å². The van der Waals surface area contributed by atoms with E-state index in [4.69, 9.17) is 9.47 Å². The van der Waals surface area contributed by atoms with Gasteiger partial charge in [-0.15, -0.1) is 0 Å². The fourth-order valence-corrected chi connectivity index (χ4v) is 4.86. The first-order valence-electron chi connectivity index (χ1n) is 11.7. The minimum Gasteiger partial charge on any atom is -0.466 e. The molecule has 1 aromatic heterocycles. The number of ether oxygens (including phenoxy) is 2. The lowest BCUT2D eigenvalue weighted by atomic mass is 9.87. The lowest BCUT2D eigenvalue weighted by molar-refractivity contribution is -0.142. The number of esters is 1. The van der Waals surface area contributed by atoms with Crippen molar-refractivity contribution in [3.63, 3.8) is 0 Å². The minimum absolute atomic E-state index is 0.191. The normalized spacial score (nSPS) is 21.0. The Morgan fingerprint density at radius 1 is 1.12 bits per heavy atom. The molecule has 1 fully saturated rings. The van der Waals surface area contributed by atoms with E-state index in [0.717, 1.165) is 49.8 Å². The molecule has 0 spiro atoms. The van der Waals surface area contributed by atoms with Gasteiger partial charge in [0.1, 0.15) is 12.2 Å². The monoisotopic (exact) mass is 433 g/mol. The van der Waals surface area contributed by atoms with E-state index in [1.807, 2.05) is 13.0 Å². The highest BCUT2D eigenvalue weighted by Crippen LogP contribution is 2.31. The highest BCUT2D eigenvalue weighted by Gasteiger charge is 2.34. The number of imidazole rings is 1. The van der Waals surface area contributed by atoms with E-state index in [1.54, 1.807) is 0 Å². The molecule has 32 heavy (non-hydrogen) atoms. The Morgan fingerprint density at radius 3 is 2.62 bits per heavy atom. The van der Waals surface area contributed by atoms with Crippen LogP contribution in [-0.4, -0.2) is 52.7 Å². The van der Waals surface area contributed by atoms with Gasteiger partial charge in [-0.2, -0.15) is 0 Å². The molecule has 2 aliphatic rings. The van der Waals surface area contributed by atoms with Crippen molar-refractivity contribution in [1.29, 1.82) is 0 Å². The van der Waals surface area contributed by atoms with Gasteiger partial charge >= 0.3 is 5.97 Å². The third-order valence-corrected chi connectivity index (χ3v) is 6.72. The average Bonchev–Trinajstić information content (AvgIpc) is 3.03. The van der Waals surface area contributed by atoms with Crippen LogP contribution in [0.4, 0.5) is 0 Å². The van der Waals surface area contributed by atoms with Crippen molar-refractivity contribution in [3.8, 4) is 0 Å². The molecule has 5 rings (SSSR count). The van der Waals surface area contributed by atoms with Gasteiger partial charge in [-0.05, 0) is 61.4 Å². The van der Waals surface area contributed by atoms with E-state index in [9.17, 15) is 4.79 Å². The molecule has 6 heteroatoms. The van der Waals surface area contributed by atoms with Gasteiger partial charge in [0, 0.05) is 19.1 Å². The smallest absolute Gasteiger partial charge is 0.313 e. The SMILES string of the molecule is CCOC(=O)Cc1nc2cc3c(cc2[nH]1)CCN(C1CC(OCc2ccccc2)C1)CC3. The Morgan fingerprint density at radius 2 is 1.88 bits per heavy atom. The number of fused-ring (bicyclic) bond motifs is 2. The van der Waals surface area contributed by atoms with E-state index in [-0.39, 0.29) is 12.4 Å². The number of carbonyl (C=O) groups excluding carboxylic acids is 1. The molecule has 1 aliphatic carbocycles. The number of hydrogen-bond donors (Lipinski definition) is 1. The van der Waals surface area contributed by atoms with Crippen LogP contribution in [0.3, 0.4) is 0 Å². The van der Waals surface area contributed by atoms with E-state index >= 15 is 0 Å². The predicted molar refractivity (Wildman–Crippen MR) is 123 cm³/mol. The molecular weight excluding hydrogens is 402 g/mol. The standard InChI is InChI=1S/C26H31N3O3/c1-2-31-26(30)16-25-27-23-12-19-8-10-29(11-9-20(19)13-24(23)28-25)21-14-22(15-21)32-17-18-6-4-3-5-7-18/h3-7,12-13,21-22H,2,8-11,14-17H2,1H3,(H,27,28). The molecule has 2 heterocycles. The number of nitrogens with one attached hydrogen (secondary N) is 1. The maximum atomic E-state index is 11.8. The summed E-state index contributed by atoms with van der Waals surface area (Å²) >= 11 is 0. The van der Waals surface area contributed by atoms with Crippen LogP contribution >= 0.6 is 0 Å². The van der Waals surface area contributed by atoms with Crippen LogP contribution in [0.5, 0.6) is 0 Å². The van der Waals surface area contributed by atoms with E-state index < -0.39 is 0 Å². The number of benzene rings is 2. The highest BCUT2D eigenvalue weighted by atomic mass is 16.5. The topological polar surface area (TPSA) is 67.5 Å². The summed E-state index contributed by atoms with van der Waals surface area (Å²) in [4.78, 5) is 22.3. The molecule has 0 saturated heterocycles. The van der Waals surface area contributed by atoms with Crippen LogP contribution in [0.25, 0.3) is 11.0 Å². The molecule has 0 bridgehead atoms. The lowest BCUT2D eigenvalue weighted by Crippen LogP contribution is -2.49. The van der Waals surface area contributed by atoms with E-state index in [2.05, 4.69) is 51.3 Å². The first-order valence-corrected chi connectivity index (χ1v) is 11.7. The minimum atomic E-state index is -0.240. The molecule has 2 aromatic carbocycles. The van der Waals surface area contributed by atoms with Crippen LogP contribution in [-0.2, 0) is 40.1 Å². The first-order chi connectivity index (χ1) is 15.7. The van der Waals surface area contributed by atoms with Crippen LogP contribution in [0, 0.1) is 0 Å². The van der Waals surface area contributed by atoms with Crippen molar-refractivity contribution in [2.75, 3.05) is 19.7 Å². The number of aromatic nitrogens is 2. The number of H-pyrrole nitrogens is 1. The summed E-state index contributed by atoms with van der Waals surface area (Å²) in [6.07, 6.45) is 4.91. The van der Waals surface area contributed by atoms with Gasteiger partial charge in [0.15, 0.2) is 0 Å². The quantitative estimate of drug-likeness (QED) is 0.574. The number of hydrogen-bond acceptors (Lipinski definition) is 5. The summed E-state index contributed by atoms with van der Waals surface area (Å²) in [6.45, 7) is 5.08. The predicted octanol–water partition coefficient (Wildman–Crippen LogP) is 3.82. The van der Waals surface area contributed by atoms with Crippen molar-refractivity contribution in [2.24, 2.45) is 0 Å². The van der Waals surface area contributed by atoms with Crippen LogP contribution in [0.15, 0.2) is 42.5 Å². The molecule has 6 nitrogen and oxygen atoms in total. The van der Waals surface area contributed by atoms with Crippen molar-refractivity contribution in [2.45, 2.75) is 57.8 Å². The second kappa shape index (κ2) is 9.43. The molecule has 0 radical (unpaired) electrons. The van der Waals surface area contributed by atoms with Gasteiger partial charge in [-0.1, -0.05) is 30.3 Å². The van der Waals surface area contributed by atoms with Gasteiger partial charge in [0.2, 0.25) is 0 Å². The Kier molecular flexibility index (Phi) is 6.23. The number of carbonyl (C=O) groups is 1. The van der Waals surface area contributed by atoms with Crippen LogP contribution in [0.1, 0.15) is 42.3 Å². The summed E-state index contributed by atoms with van der Waals surface area (Å²) in [6, 6.07) is 15.5. The Balaban J connectivity index is 1.15. The summed E-state index contributed by atoms with van der Waals surface area (Å²) in [5, 5.41) is 0. The second-order valence-electron chi connectivity index (χ2n) is 8.88. The Hall–Kier alpha value is -2.70. The van der Waals surface area contributed by atoms with Gasteiger partial charge in [0.05, 0.1) is 30.4 Å². The lowest BCUT2D eigenvalue weighted by Gasteiger charge is -2.42. The van der Waals surface area contributed by atoms with Crippen molar-refractivity contribution in [3.05, 3.63) is 65.0 Å². The molecular formula is C26H31N3O3. The molecule has 3 aromatic rings. The van der Waals surface area contributed by atoms with Crippen molar-refractivity contribution < 1.29 is 14.3 Å². The number of aromatic amines is 1. The van der Waals surface area contributed by atoms with Crippen LogP contribution in [0.2, 0.25) is 0 Å².